The predicted molar refractivity (Wildman–Crippen MR) is 74.2 cm³/mol. The number of hydrogen-bond acceptors (Lipinski definition) is 4. The van der Waals surface area contributed by atoms with Crippen molar-refractivity contribution in [1.82, 2.24) is 9.71 Å². The van der Waals surface area contributed by atoms with E-state index in [9.17, 15) is 17.2 Å². The van der Waals surface area contributed by atoms with Crippen molar-refractivity contribution in [2.75, 3.05) is 12.4 Å². The zero-order chi connectivity index (χ0) is 15.5. The van der Waals surface area contributed by atoms with E-state index in [0.717, 1.165) is 6.07 Å². The van der Waals surface area contributed by atoms with Crippen molar-refractivity contribution in [3.63, 3.8) is 0 Å². The van der Waals surface area contributed by atoms with Gasteiger partial charge >= 0.3 is 0 Å². The summed E-state index contributed by atoms with van der Waals surface area (Å²) in [4.78, 5) is 3.85. The van der Waals surface area contributed by atoms with Gasteiger partial charge in [0.1, 0.15) is 22.3 Å². The normalized spacial score (nSPS) is 11.4. The Morgan fingerprint density at radius 1 is 1.24 bits per heavy atom. The molecule has 5 nitrogen and oxygen atoms in total. The molecule has 0 unspecified atom stereocenters. The lowest BCUT2D eigenvalue weighted by Crippen LogP contribution is -2.24. The van der Waals surface area contributed by atoms with Crippen LogP contribution >= 0.6 is 0 Å². The SMILES string of the molecule is CNc1ncccc1S(=O)(=O)NCc1ccc(F)cc1F. The van der Waals surface area contributed by atoms with Crippen LogP contribution in [-0.4, -0.2) is 20.4 Å². The maximum Gasteiger partial charge on any atom is 0.244 e. The highest BCUT2D eigenvalue weighted by atomic mass is 32.2. The second-order valence-electron chi connectivity index (χ2n) is 4.16. The molecule has 1 heterocycles. The fourth-order valence-electron chi connectivity index (χ4n) is 1.71. The van der Waals surface area contributed by atoms with Gasteiger partial charge in [0, 0.05) is 31.4 Å². The summed E-state index contributed by atoms with van der Waals surface area (Å²) in [6.07, 6.45) is 1.45. The van der Waals surface area contributed by atoms with E-state index in [1.165, 1.54) is 24.4 Å². The standard InChI is InChI=1S/C13H13F2N3O2S/c1-16-13-12(3-2-6-17-13)21(19,20)18-8-9-4-5-10(14)7-11(9)15/h2-7,18H,8H2,1H3,(H,16,17). The Bertz CT molecular complexity index is 751. The molecule has 8 heteroatoms. The minimum Gasteiger partial charge on any atom is -0.372 e. The average molecular weight is 313 g/mol. The van der Waals surface area contributed by atoms with Gasteiger partial charge in [0.2, 0.25) is 10.0 Å². The molecule has 0 saturated heterocycles. The molecule has 0 radical (unpaired) electrons. The number of nitrogens with one attached hydrogen (secondary N) is 2. The number of anilines is 1. The minimum absolute atomic E-state index is 0.0463. The smallest absolute Gasteiger partial charge is 0.244 e. The van der Waals surface area contributed by atoms with Gasteiger partial charge in [-0.1, -0.05) is 6.07 Å². The molecule has 0 aliphatic carbocycles. The van der Waals surface area contributed by atoms with Gasteiger partial charge in [0.15, 0.2) is 0 Å². The van der Waals surface area contributed by atoms with E-state index in [0.29, 0.717) is 6.07 Å². The molecule has 0 atom stereocenters. The van der Waals surface area contributed by atoms with Crippen molar-refractivity contribution in [3.05, 3.63) is 53.7 Å². The summed E-state index contributed by atoms with van der Waals surface area (Å²) < 4.78 is 52.9. The predicted octanol–water partition coefficient (Wildman–Crippen LogP) is 1.88. The van der Waals surface area contributed by atoms with Crippen LogP contribution in [0.2, 0.25) is 0 Å². The first-order valence-electron chi connectivity index (χ1n) is 6.00. The highest BCUT2D eigenvalue weighted by Gasteiger charge is 2.19. The zero-order valence-corrected chi connectivity index (χ0v) is 11.9. The average Bonchev–Trinajstić information content (AvgIpc) is 2.46. The van der Waals surface area contributed by atoms with Gasteiger partial charge in [-0.3, -0.25) is 0 Å². The van der Waals surface area contributed by atoms with Gasteiger partial charge < -0.3 is 5.32 Å². The maximum absolute atomic E-state index is 13.5. The van der Waals surface area contributed by atoms with Gasteiger partial charge in [0.05, 0.1) is 0 Å². The highest BCUT2D eigenvalue weighted by molar-refractivity contribution is 7.89. The number of aromatic nitrogens is 1. The quantitative estimate of drug-likeness (QED) is 0.884. The molecule has 0 aliphatic heterocycles. The number of rotatable bonds is 5. The fourth-order valence-corrected chi connectivity index (χ4v) is 2.88. The molecule has 0 spiro atoms. The molecule has 2 rings (SSSR count). The Hall–Kier alpha value is -2.06. The van der Waals surface area contributed by atoms with Crippen LogP contribution in [0.5, 0.6) is 0 Å². The summed E-state index contributed by atoms with van der Waals surface area (Å²) >= 11 is 0. The van der Waals surface area contributed by atoms with Crippen molar-refractivity contribution < 1.29 is 17.2 Å². The second kappa shape index (κ2) is 6.15. The summed E-state index contributed by atoms with van der Waals surface area (Å²) in [5.41, 5.74) is 0.0508. The summed E-state index contributed by atoms with van der Waals surface area (Å²) in [7, 11) is -2.32. The van der Waals surface area contributed by atoms with Gasteiger partial charge in [-0.25, -0.2) is 26.9 Å². The van der Waals surface area contributed by atoms with Crippen molar-refractivity contribution >= 4 is 15.8 Å². The van der Waals surface area contributed by atoms with Crippen LogP contribution in [0.3, 0.4) is 0 Å². The molecule has 21 heavy (non-hydrogen) atoms. The van der Waals surface area contributed by atoms with E-state index in [2.05, 4.69) is 15.0 Å². The largest absolute Gasteiger partial charge is 0.372 e. The Balaban J connectivity index is 2.22. The molecule has 2 aromatic rings. The van der Waals surface area contributed by atoms with Crippen molar-refractivity contribution in [2.24, 2.45) is 0 Å². The van der Waals surface area contributed by atoms with Gasteiger partial charge in [-0.15, -0.1) is 0 Å². The summed E-state index contributed by atoms with van der Waals surface area (Å²) in [6.45, 7) is -0.285. The molecule has 1 aromatic heterocycles. The number of nitrogens with zero attached hydrogens (tertiary/aromatic N) is 1. The number of pyridine rings is 1. The van der Waals surface area contributed by atoms with E-state index in [1.54, 1.807) is 7.05 Å². The fraction of sp³-hybridized carbons (Fsp3) is 0.154. The molecular weight excluding hydrogens is 300 g/mol. The van der Waals surface area contributed by atoms with Crippen molar-refractivity contribution in [1.29, 1.82) is 0 Å². The summed E-state index contributed by atoms with van der Waals surface area (Å²) in [6, 6.07) is 5.81. The van der Waals surface area contributed by atoms with Crippen LogP contribution in [0.1, 0.15) is 5.56 Å². The number of sulfonamides is 1. The zero-order valence-electron chi connectivity index (χ0n) is 11.1. The van der Waals surface area contributed by atoms with Crippen LogP contribution in [0.4, 0.5) is 14.6 Å². The highest BCUT2D eigenvalue weighted by Crippen LogP contribution is 2.18. The first kappa shape index (κ1) is 15.3. The van der Waals surface area contributed by atoms with Crippen LogP contribution < -0.4 is 10.0 Å². The third-order valence-corrected chi connectivity index (χ3v) is 4.20. The van der Waals surface area contributed by atoms with E-state index in [1.807, 2.05) is 0 Å². The molecule has 0 bridgehead atoms. The van der Waals surface area contributed by atoms with Crippen LogP contribution in [0, 0.1) is 11.6 Å². The summed E-state index contributed by atoms with van der Waals surface area (Å²) in [5, 5.41) is 2.66. The number of halogens is 2. The number of hydrogen-bond donors (Lipinski definition) is 2. The Labute approximate surface area is 121 Å². The lowest BCUT2D eigenvalue weighted by atomic mass is 10.2. The molecular formula is C13H13F2N3O2S. The summed E-state index contributed by atoms with van der Waals surface area (Å²) in [5.74, 6) is -1.34. The van der Waals surface area contributed by atoms with Crippen molar-refractivity contribution in [3.8, 4) is 0 Å². The van der Waals surface area contributed by atoms with Crippen molar-refractivity contribution in [2.45, 2.75) is 11.4 Å². The van der Waals surface area contributed by atoms with E-state index < -0.39 is 21.7 Å². The van der Waals surface area contributed by atoms with E-state index in [4.69, 9.17) is 0 Å². The Morgan fingerprint density at radius 2 is 2.00 bits per heavy atom. The molecule has 0 aliphatic rings. The first-order chi connectivity index (χ1) is 9.94. The monoisotopic (exact) mass is 313 g/mol. The van der Waals surface area contributed by atoms with E-state index in [-0.39, 0.29) is 22.8 Å². The van der Waals surface area contributed by atoms with Gasteiger partial charge in [-0.2, -0.15) is 0 Å². The van der Waals surface area contributed by atoms with Crippen LogP contribution in [-0.2, 0) is 16.6 Å². The Morgan fingerprint density at radius 3 is 2.67 bits per heavy atom. The number of benzene rings is 1. The molecule has 1 aromatic carbocycles. The lowest BCUT2D eigenvalue weighted by molar-refractivity contribution is 0.562. The van der Waals surface area contributed by atoms with Gasteiger partial charge in [0.25, 0.3) is 0 Å². The lowest BCUT2D eigenvalue weighted by Gasteiger charge is -2.10. The Kier molecular flexibility index (Phi) is 4.49. The third kappa shape index (κ3) is 3.53. The molecule has 2 N–H and O–H groups in total. The topological polar surface area (TPSA) is 71.1 Å². The van der Waals surface area contributed by atoms with Crippen LogP contribution in [0.15, 0.2) is 41.4 Å². The molecule has 0 fully saturated rings. The van der Waals surface area contributed by atoms with Crippen LogP contribution in [0.25, 0.3) is 0 Å². The maximum atomic E-state index is 13.5. The third-order valence-electron chi connectivity index (χ3n) is 2.76. The minimum atomic E-state index is -3.86. The van der Waals surface area contributed by atoms with E-state index >= 15 is 0 Å². The first-order valence-corrected chi connectivity index (χ1v) is 7.48. The molecule has 0 saturated carbocycles. The van der Waals surface area contributed by atoms with Gasteiger partial charge in [-0.05, 0) is 18.2 Å². The molecule has 0 amide bonds. The second-order valence-corrected chi connectivity index (χ2v) is 5.90. The molecule has 112 valence electrons.